The van der Waals surface area contributed by atoms with Crippen LogP contribution in [-0.4, -0.2) is 22.0 Å². The normalized spacial score (nSPS) is 10.6. The Morgan fingerprint density at radius 1 is 1.00 bits per heavy atom. The van der Waals surface area contributed by atoms with E-state index in [0.717, 1.165) is 21.8 Å². The zero-order valence-electron chi connectivity index (χ0n) is 16.6. The highest BCUT2D eigenvalue weighted by atomic mass is 32.1. The second kappa shape index (κ2) is 9.93. The summed E-state index contributed by atoms with van der Waals surface area (Å²) in [4.78, 5) is 24.3. The van der Waals surface area contributed by atoms with Crippen molar-refractivity contribution in [2.75, 3.05) is 5.32 Å². The molecule has 0 unspecified atom stereocenters. The van der Waals surface area contributed by atoms with Gasteiger partial charge in [0.1, 0.15) is 5.01 Å². The molecule has 0 aliphatic heterocycles. The Bertz CT molecular complexity index is 982. The average Bonchev–Trinajstić information content (AvgIpc) is 3.17. The molecule has 2 N–H and O–H groups in total. The van der Waals surface area contributed by atoms with Crippen LogP contribution in [0.4, 0.5) is 5.69 Å². The highest BCUT2D eigenvalue weighted by molar-refractivity contribution is 7.13. The minimum Gasteiger partial charge on any atom is -0.352 e. The highest BCUT2D eigenvalue weighted by Gasteiger charge is 2.13. The summed E-state index contributed by atoms with van der Waals surface area (Å²) < 4.78 is 0. The third-order valence-corrected chi connectivity index (χ3v) is 5.32. The molecule has 29 heavy (non-hydrogen) atoms. The molecule has 6 nitrogen and oxygen atoms in total. The van der Waals surface area contributed by atoms with Gasteiger partial charge in [0.2, 0.25) is 10.9 Å². The average molecular weight is 409 g/mol. The van der Waals surface area contributed by atoms with Crippen molar-refractivity contribution in [2.45, 2.75) is 39.7 Å². The second-order valence-corrected chi connectivity index (χ2v) is 8.00. The predicted molar refractivity (Wildman–Crippen MR) is 115 cm³/mol. The first-order valence-corrected chi connectivity index (χ1v) is 10.3. The summed E-state index contributed by atoms with van der Waals surface area (Å²) in [6, 6.07) is 15.6. The Kier molecular flexibility index (Phi) is 7.08. The van der Waals surface area contributed by atoms with Crippen molar-refractivity contribution >= 4 is 28.8 Å². The van der Waals surface area contributed by atoms with Crippen LogP contribution in [0.5, 0.6) is 0 Å². The number of carbonyl (C=O) groups excluding carboxylic acids is 2. The number of nitrogens with one attached hydrogen (secondary N) is 2. The molecule has 2 aromatic carbocycles. The molecule has 3 aromatic rings. The molecule has 0 radical (unpaired) electrons. The van der Waals surface area contributed by atoms with E-state index in [1.165, 1.54) is 16.9 Å². The van der Waals surface area contributed by atoms with Gasteiger partial charge in [-0.2, -0.15) is 0 Å². The summed E-state index contributed by atoms with van der Waals surface area (Å²) in [5, 5.41) is 14.9. The van der Waals surface area contributed by atoms with Gasteiger partial charge in [-0.25, -0.2) is 0 Å². The lowest BCUT2D eigenvalue weighted by atomic mass is 10.1. The molecule has 0 saturated heterocycles. The summed E-state index contributed by atoms with van der Waals surface area (Å²) in [5.74, 6) is -0.262. The third kappa shape index (κ3) is 6.50. The van der Waals surface area contributed by atoms with Gasteiger partial charge in [0, 0.05) is 25.1 Å². The monoisotopic (exact) mass is 408 g/mol. The number of aryl methyl sites for hydroxylation is 3. The summed E-state index contributed by atoms with van der Waals surface area (Å²) in [6.07, 6.45) is 1.69. The Morgan fingerprint density at radius 2 is 1.79 bits per heavy atom. The zero-order chi connectivity index (χ0) is 20.6. The minimum absolute atomic E-state index is 0.00774. The predicted octanol–water partition coefficient (Wildman–Crippen LogP) is 4.05. The van der Waals surface area contributed by atoms with Gasteiger partial charge in [-0.15, -0.1) is 10.2 Å². The van der Waals surface area contributed by atoms with E-state index in [1.807, 2.05) is 56.3 Å². The molecule has 3 rings (SSSR count). The van der Waals surface area contributed by atoms with Crippen LogP contribution in [0.25, 0.3) is 0 Å². The van der Waals surface area contributed by atoms with Gasteiger partial charge in [-0.3, -0.25) is 9.59 Å². The molecule has 7 heteroatoms. The molecule has 0 bridgehead atoms. The maximum Gasteiger partial charge on any atom is 0.286 e. The number of nitrogens with zero attached hydrogens (tertiary/aromatic N) is 2. The second-order valence-electron chi connectivity index (χ2n) is 6.94. The summed E-state index contributed by atoms with van der Waals surface area (Å²) >= 11 is 1.26. The lowest BCUT2D eigenvalue weighted by Gasteiger charge is -2.05. The van der Waals surface area contributed by atoms with Crippen LogP contribution in [0, 0.1) is 13.8 Å². The largest absolute Gasteiger partial charge is 0.352 e. The molecule has 150 valence electrons. The third-order valence-electron chi connectivity index (χ3n) is 4.34. The SMILES string of the molecule is Cc1ccc(NC(=O)c2nnc(CCCC(=O)NCc3cccc(C)c3)s2)cc1. The lowest BCUT2D eigenvalue weighted by Crippen LogP contribution is -2.22. The van der Waals surface area contributed by atoms with Crippen LogP contribution < -0.4 is 10.6 Å². The van der Waals surface area contributed by atoms with Crippen LogP contribution in [0.15, 0.2) is 48.5 Å². The smallest absolute Gasteiger partial charge is 0.286 e. The fourth-order valence-electron chi connectivity index (χ4n) is 2.78. The van der Waals surface area contributed by atoms with Gasteiger partial charge in [0.15, 0.2) is 0 Å². The van der Waals surface area contributed by atoms with Crippen molar-refractivity contribution in [3.63, 3.8) is 0 Å². The number of hydrogen-bond acceptors (Lipinski definition) is 5. The summed E-state index contributed by atoms with van der Waals surface area (Å²) in [7, 11) is 0. The number of rotatable bonds is 8. The van der Waals surface area contributed by atoms with E-state index in [1.54, 1.807) is 0 Å². The molecule has 0 aliphatic carbocycles. The minimum atomic E-state index is -0.270. The van der Waals surface area contributed by atoms with E-state index in [9.17, 15) is 9.59 Å². The maximum absolute atomic E-state index is 12.3. The van der Waals surface area contributed by atoms with E-state index in [4.69, 9.17) is 0 Å². The zero-order valence-corrected chi connectivity index (χ0v) is 17.4. The van der Waals surface area contributed by atoms with Crippen LogP contribution in [0.2, 0.25) is 0 Å². The van der Waals surface area contributed by atoms with E-state index in [-0.39, 0.29) is 11.8 Å². The lowest BCUT2D eigenvalue weighted by molar-refractivity contribution is -0.121. The quantitative estimate of drug-likeness (QED) is 0.589. The Labute approximate surface area is 174 Å². The molecule has 2 amide bonds. The Morgan fingerprint density at radius 3 is 2.55 bits per heavy atom. The fraction of sp³-hybridized carbons (Fsp3) is 0.273. The number of hydrogen-bond donors (Lipinski definition) is 2. The summed E-state index contributed by atoms with van der Waals surface area (Å²) in [6.45, 7) is 4.55. The number of aromatic nitrogens is 2. The van der Waals surface area contributed by atoms with Gasteiger partial charge in [0.05, 0.1) is 0 Å². The number of amides is 2. The van der Waals surface area contributed by atoms with Gasteiger partial charge in [-0.05, 0) is 38.0 Å². The molecule has 0 atom stereocenters. The van der Waals surface area contributed by atoms with E-state index in [2.05, 4.69) is 26.9 Å². The van der Waals surface area contributed by atoms with Crippen molar-refractivity contribution in [3.8, 4) is 0 Å². The van der Waals surface area contributed by atoms with Gasteiger partial charge >= 0.3 is 0 Å². The molecule has 0 spiro atoms. The Hall–Kier alpha value is -3.06. The number of benzene rings is 2. The molecule has 0 aliphatic rings. The Balaban J connectivity index is 1.41. The molecule has 1 aromatic heterocycles. The van der Waals surface area contributed by atoms with Crippen molar-refractivity contribution in [1.29, 1.82) is 0 Å². The highest BCUT2D eigenvalue weighted by Crippen LogP contribution is 2.15. The van der Waals surface area contributed by atoms with Gasteiger partial charge in [0.25, 0.3) is 5.91 Å². The van der Waals surface area contributed by atoms with E-state index >= 15 is 0 Å². The van der Waals surface area contributed by atoms with Crippen LogP contribution in [-0.2, 0) is 17.8 Å². The first-order valence-electron chi connectivity index (χ1n) is 9.52. The standard InChI is InChI=1S/C22H24N4O2S/c1-15-9-11-18(12-10-15)24-21(28)22-26-25-20(29-22)8-4-7-19(27)23-14-17-6-3-5-16(2)13-17/h3,5-6,9-13H,4,7-8,14H2,1-2H3,(H,23,27)(H,24,28). The van der Waals surface area contributed by atoms with Crippen molar-refractivity contribution in [1.82, 2.24) is 15.5 Å². The fourth-order valence-corrected chi connectivity index (χ4v) is 3.56. The van der Waals surface area contributed by atoms with Crippen molar-refractivity contribution in [2.24, 2.45) is 0 Å². The van der Waals surface area contributed by atoms with Crippen LogP contribution in [0.3, 0.4) is 0 Å². The van der Waals surface area contributed by atoms with Gasteiger partial charge in [-0.1, -0.05) is 58.9 Å². The first-order chi connectivity index (χ1) is 14.0. The summed E-state index contributed by atoms with van der Waals surface area (Å²) in [5.41, 5.74) is 4.12. The number of carbonyl (C=O) groups is 2. The molecular formula is C22H24N4O2S. The van der Waals surface area contributed by atoms with Crippen LogP contribution >= 0.6 is 11.3 Å². The molecule has 0 fully saturated rings. The van der Waals surface area contributed by atoms with E-state index in [0.29, 0.717) is 30.8 Å². The molecule has 0 saturated carbocycles. The van der Waals surface area contributed by atoms with Crippen LogP contribution in [0.1, 0.15) is 44.3 Å². The maximum atomic E-state index is 12.3. The van der Waals surface area contributed by atoms with E-state index < -0.39 is 0 Å². The number of anilines is 1. The first kappa shape index (κ1) is 20.7. The topological polar surface area (TPSA) is 84.0 Å². The molecule has 1 heterocycles. The van der Waals surface area contributed by atoms with Crippen molar-refractivity contribution < 1.29 is 9.59 Å². The van der Waals surface area contributed by atoms with Gasteiger partial charge < -0.3 is 10.6 Å². The van der Waals surface area contributed by atoms with Crippen molar-refractivity contribution in [3.05, 3.63) is 75.2 Å². The molecular weight excluding hydrogens is 384 g/mol.